The number of hydrogen-bond acceptors (Lipinski definition) is 4. The number of halogens is 2. The number of piperidine rings is 1. The van der Waals surface area contributed by atoms with Crippen molar-refractivity contribution >= 4 is 39.2 Å². The summed E-state index contributed by atoms with van der Waals surface area (Å²) in [7, 11) is -2.54. The lowest BCUT2D eigenvalue weighted by atomic mass is 9.92. The number of nitrogens with zero attached hydrogens (tertiary/aromatic N) is 1. The van der Waals surface area contributed by atoms with E-state index in [-0.39, 0.29) is 39.7 Å². The summed E-state index contributed by atoms with van der Waals surface area (Å²) in [6.07, 6.45) is 0.443. The van der Waals surface area contributed by atoms with Gasteiger partial charge in [0.15, 0.2) is 0 Å². The number of aliphatic carboxylic acids is 1. The molecule has 2 rings (SSSR count). The quantitative estimate of drug-likeness (QED) is 0.866. The highest BCUT2D eigenvalue weighted by Gasteiger charge is 2.37. The van der Waals surface area contributed by atoms with Crippen molar-refractivity contribution in [2.24, 2.45) is 11.8 Å². The maximum atomic E-state index is 12.8. The average molecular weight is 382 g/mol. The summed E-state index contributed by atoms with van der Waals surface area (Å²) in [6, 6.07) is 2.56. The molecule has 0 amide bonds. The Bertz CT molecular complexity index is 722. The number of methoxy groups -OCH3 is 1. The van der Waals surface area contributed by atoms with Crippen LogP contribution in [0.25, 0.3) is 0 Å². The first-order chi connectivity index (χ1) is 10.7. The fourth-order valence-electron chi connectivity index (χ4n) is 2.68. The lowest BCUT2D eigenvalue weighted by Crippen LogP contribution is -2.45. The minimum absolute atomic E-state index is 0.0173. The van der Waals surface area contributed by atoms with Gasteiger partial charge in [-0.15, -0.1) is 0 Å². The van der Waals surface area contributed by atoms with Crippen LogP contribution in [-0.2, 0) is 14.8 Å². The molecular weight excluding hydrogens is 365 g/mol. The van der Waals surface area contributed by atoms with Crippen molar-refractivity contribution in [1.29, 1.82) is 0 Å². The second-order valence-electron chi connectivity index (χ2n) is 5.62. The van der Waals surface area contributed by atoms with Gasteiger partial charge < -0.3 is 9.84 Å². The minimum atomic E-state index is -3.94. The number of carbonyl (C=O) groups is 1. The molecule has 0 saturated carbocycles. The van der Waals surface area contributed by atoms with Gasteiger partial charge in [-0.3, -0.25) is 4.79 Å². The fourth-order valence-corrected chi connectivity index (χ4v) is 5.11. The van der Waals surface area contributed by atoms with E-state index >= 15 is 0 Å². The summed E-state index contributed by atoms with van der Waals surface area (Å²) in [5.74, 6) is -1.53. The van der Waals surface area contributed by atoms with Crippen LogP contribution in [0.1, 0.15) is 13.3 Å². The molecule has 1 N–H and O–H groups in total. The van der Waals surface area contributed by atoms with Crippen molar-refractivity contribution in [3.05, 3.63) is 22.2 Å². The third-order valence-corrected chi connectivity index (χ3v) is 6.39. The third-order valence-electron chi connectivity index (χ3n) is 3.80. The number of rotatable bonds is 4. The number of sulfonamides is 1. The van der Waals surface area contributed by atoms with Crippen molar-refractivity contribution in [3.63, 3.8) is 0 Å². The molecule has 2 atom stereocenters. The van der Waals surface area contributed by atoms with Crippen molar-refractivity contribution in [2.45, 2.75) is 18.2 Å². The Morgan fingerprint density at radius 1 is 1.30 bits per heavy atom. The minimum Gasteiger partial charge on any atom is -0.495 e. The Hall–Kier alpha value is -1.02. The molecule has 0 aromatic heterocycles. The summed E-state index contributed by atoms with van der Waals surface area (Å²) in [4.78, 5) is 11.1. The molecule has 0 radical (unpaired) electrons. The van der Waals surface area contributed by atoms with Crippen LogP contribution in [0.4, 0.5) is 0 Å². The zero-order valence-electron chi connectivity index (χ0n) is 12.6. The Morgan fingerprint density at radius 3 is 2.52 bits per heavy atom. The van der Waals surface area contributed by atoms with Crippen LogP contribution in [0.3, 0.4) is 0 Å². The van der Waals surface area contributed by atoms with Gasteiger partial charge in [-0.2, -0.15) is 4.31 Å². The van der Waals surface area contributed by atoms with E-state index in [4.69, 9.17) is 27.9 Å². The first kappa shape index (κ1) is 18.3. The van der Waals surface area contributed by atoms with Crippen LogP contribution in [0.5, 0.6) is 5.75 Å². The highest BCUT2D eigenvalue weighted by Crippen LogP contribution is 2.36. The molecule has 1 heterocycles. The van der Waals surface area contributed by atoms with E-state index in [2.05, 4.69) is 0 Å². The number of benzene rings is 1. The van der Waals surface area contributed by atoms with Crippen molar-refractivity contribution in [2.75, 3.05) is 20.2 Å². The smallest absolute Gasteiger partial charge is 0.307 e. The lowest BCUT2D eigenvalue weighted by Gasteiger charge is -2.34. The van der Waals surface area contributed by atoms with Gasteiger partial charge in [-0.1, -0.05) is 30.1 Å². The molecule has 1 aromatic carbocycles. The van der Waals surface area contributed by atoms with Crippen molar-refractivity contribution in [1.82, 2.24) is 4.31 Å². The second kappa shape index (κ2) is 6.84. The molecule has 1 aliphatic heterocycles. The molecule has 1 aromatic rings. The Kier molecular flexibility index (Phi) is 5.45. The van der Waals surface area contributed by atoms with Gasteiger partial charge >= 0.3 is 5.97 Å². The van der Waals surface area contributed by atoms with Gasteiger partial charge in [0.25, 0.3) is 0 Å². The van der Waals surface area contributed by atoms with E-state index in [1.54, 1.807) is 0 Å². The number of ether oxygens (including phenoxy) is 1. The Balaban J connectivity index is 2.42. The van der Waals surface area contributed by atoms with Crippen molar-refractivity contribution < 1.29 is 23.1 Å². The van der Waals surface area contributed by atoms with E-state index in [0.29, 0.717) is 6.42 Å². The standard InChI is InChI=1S/C14H17Cl2NO5S/c1-8-3-9(14(18)19)7-17(6-8)23(20,21)13-5-10(15)12(22-2)4-11(13)16/h4-5,8-9H,3,6-7H2,1-2H3,(H,18,19). The summed E-state index contributed by atoms with van der Waals surface area (Å²) in [5.41, 5.74) is 0. The largest absolute Gasteiger partial charge is 0.495 e. The molecular formula is C14H17Cl2NO5S. The normalized spacial score (nSPS) is 22.8. The zero-order chi connectivity index (χ0) is 17.4. The molecule has 9 heteroatoms. The monoisotopic (exact) mass is 381 g/mol. The molecule has 0 bridgehead atoms. The van der Waals surface area contributed by atoms with Crippen LogP contribution in [-0.4, -0.2) is 44.0 Å². The van der Waals surface area contributed by atoms with E-state index in [1.807, 2.05) is 6.92 Å². The first-order valence-electron chi connectivity index (χ1n) is 6.92. The summed E-state index contributed by atoms with van der Waals surface area (Å²) >= 11 is 12.1. The maximum Gasteiger partial charge on any atom is 0.307 e. The summed E-state index contributed by atoms with van der Waals surface area (Å²) in [6.45, 7) is 1.98. The highest BCUT2D eigenvalue weighted by molar-refractivity contribution is 7.89. The van der Waals surface area contributed by atoms with E-state index < -0.39 is 21.9 Å². The molecule has 1 fully saturated rings. The molecule has 0 aliphatic carbocycles. The second-order valence-corrected chi connectivity index (χ2v) is 8.34. The van der Waals surface area contributed by atoms with Crippen LogP contribution in [0, 0.1) is 11.8 Å². The summed E-state index contributed by atoms with van der Waals surface area (Å²) in [5, 5.41) is 9.30. The van der Waals surface area contributed by atoms with Crippen molar-refractivity contribution in [3.8, 4) is 5.75 Å². The van der Waals surface area contributed by atoms with Crippen LogP contribution < -0.4 is 4.74 Å². The number of carboxylic acid groups (broad SMARTS) is 1. The zero-order valence-corrected chi connectivity index (χ0v) is 15.0. The van der Waals surface area contributed by atoms with Gasteiger partial charge in [-0.05, 0) is 18.4 Å². The molecule has 1 saturated heterocycles. The van der Waals surface area contributed by atoms with Gasteiger partial charge in [-0.25, -0.2) is 8.42 Å². The third kappa shape index (κ3) is 3.74. The average Bonchev–Trinajstić information content (AvgIpc) is 2.48. The molecule has 6 nitrogen and oxygen atoms in total. The SMILES string of the molecule is COc1cc(Cl)c(S(=O)(=O)N2CC(C)CC(C(=O)O)C2)cc1Cl. The van der Waals surface area contributed by atoms with Gasteiger partial charge in [0, 0.05) is 19.2 Å². The predicted octanol–water partition coefficient (Wildman–Crippen LogP) is 2.73. The highest BCUT2D eigenvalue weighted by atomic mass is 35.5. The fraction of sp³-hybridized carbons (Fsp3) is 0.500. The molecule has 1 aliphatic rings. The Morgan fingerprint density at radius 2 is 1.96 bits per heavy atom. The first-order valence-corrected chi connectivity index (χ1v) is 9.12. The van der Waals surface area contributed by atoms with Gasteiger partial charge in [0.2, 0.25) is 10.0 Å². The van der Waals surface area contributed by atoms with E-state index in [9.17, 15) is 18.3 Å². The predicted molar refractivity (Wildman–Crippen MR) is 86.7 cm³/mol. The number of hydrogen-bond donors (Lipinski definition) is 1. The molecule has 23 heavy (non-hydrogen) atoms. The van der Waals surface area contributed by atoms with Gasteiger partial charge in [0.1, 0.15) is 10.6 Å². The Labute approximate surface area is 145 Å². The van der Waals surface area contributed by atoms with E-state index in [1.165, 1.54) is 19.2 Å². The number of carboxylic acids is 1. The van der Waals surface area contributed by atoms with Crippen LogP contribution >= 0.6 is 23.2 Å². The summed E-state index contributed by atoms with van der Waals surface area (Å²) < 4.78 is 31.8. The van der Waals surface area contributed by atoms with Gasteiger partial charge in [0.05, 0.1) is 23.1 Å². The molecule has 0 spiro atoms. The molecule has 2 unspecified atom stereocenters. The maximum absolute atomic E-state index is 12.8. The van der Waals surface area contributed by atoms with E-state index in [0.717, 1.165) is 4.31 Å². The van der Waals surface area contributed by atoms with Crippen LogP contribution in [0.15, 0.2) is 17.0 Å². The van der Waals surface area contributed by atoms with Crippen LogP contribution in [0.2, 0.25) is 10.0 Å². The topological polar surface area (TPSA) is 83.9 Å². The lowest BCUT2D eigenvalue weighted by molar-refractivity contribution is -0.143. The molecule has 128 valence electrons.